The second-order valence-corrected chi connectivity index (χ2v) is 4.90. The standard InChI is InChI=1S/C11H6Cl2N4O5/c12-7-2-1-6(3-8(7)13)9(18)4-15-5-14-10(16(19)20)11(15)17(21)22/h1-3,5H,4H2. The van der Waals surface area contributed by atoms with Gasteiger partial charge in [0.15, 0.2) is 6.54 Å². The van der Waals surface area contributed by atoms with Gasteiger partial charge in [-0.05, 0) is 28.0 Å². The van der Waals surface area contributed by atoms with Crippen molar-refractivity contribution in [2.45, 2.75) is 6.54 Å². The van der Waals surface area contributed by atoms with E-state index in [4.69, 9.17) is 23.2 Å². The summed E-state index contributed by atoms with van der Waals surface area (Å²) >= 11 is 11.5. The first-order valence-electron chi connectivity index (χ1n) is 5.63. The zero-order chi connectivity index (χ0) is 16.4. The van der Waals surface area contributed by atoms with E-state index in [-0.39, 0.29) is 15.6 Å². The molecule has 0 N–H and O–H groups in total. The summed E-state index contributed by atoms with van der Waals surface area (Å²) < 4.78 is 0.795. The van der Waals surface area contributed by atoms with Crippen LogP contribution in [0.25, 0.3) is 0 Å². The number of rotatable bonds is 5. The molecule has 9 nitrogen and oxygen atoms in total. The highest BCUT2D eigenvalue weighted by Crippen LogP contribution is 2.26. The molecule has 2 rings (SSSR count). The summed E-state index contributed by atoms with van der Waals surface area (Å²) in [5.41, 5.74) is 0.167. The number of imidazole rings is 1. The van der Waals surface area contributed by atoms with E-state index in [9.17, 15) is 25.0 Å². The van der Waals surface area contributed by atoms with Gasteiger partial charge in [0.25, 0.3) is 6.33 Å². The van der Waals surface area contributed by atoms with E-state index in [1.54, 1.807) is 0 Å². The Morgan fingerprint density at radius 1 is 1.18 bits per heavy atom. The molecular formula is C11H6Cl2N4O5. The first-order chi connectivity index (χ1) is 10.3. The first kappa shape index (κ1) is 15.9. The number of nitro groups is 2. The van der Waals surface area contributed by atoms with Gasteiger partial charge in [0.2, 0.25) is 5.78 Å². The van der Waals surface area contributed by atoms with Gasteiger partial charge in [0, 0.05) is 10.5 Å². The molecule has 0 aliphatic rings. The molecule has 0 radical (unpaired) electrons. The zero-order valence-corrected chi connectivity index (χ0v) is 12.1. The number of carbonyl (C=O) groups is 1. The molecule has 0 fully saturated rings. The molecule has 1 heterocycles. The third-order valence-electron chi connectivity index (χ3n) is 2.69. The lowest BCUT2D eigenvalue weighted by atomic mass is 10.1. The molecule has 0 atom stereocenters. The number of nitrogens with zero attached hydrogens (tertiary/aromatic N) is 4. The van der Waals surface area contributed by atoms with Gasteiger partial charge in [-0.25, -0.2) is 0 Å². The van der Waals surface area contributed by atoms with Crippen LogP contribution in [-0.2, 0) is 6.54 Å². The van der Waals surface area contributed by atoms with E-state index in [1.165, 1.54) is 18.2 Å². The Kier molecular flexibility index (Phi) is 4.38. The van der Waals surface area contributed by atoms with Gasteiger partial charge in [0.1, 0.15) is 0 Å². The quantitative estimate of drug-likeness (QED) is 0.467. The third kappa shape index (κ3) is 3.05. The van der Waals surface area contributed by atoms with Crippen LogP contribution >= 0.6 is 23.2 Å². The van der Waals surface area contributed by atoms with E-state index in [2.05, 4.69) is 4.98 Å². The summed E-state index contributed by atoms with van der Waals surface area (Å²) in [5, 5.41) is 22.0. The summed E-state index contributed by atoms with van der Waals surface area (Å²) in [4.78, 5) is 35.1. The molecule has 22 heavy (non-hydrogen) atoms. The lowest BCUT2D eigenvalue weighted by molar-refractivity contribution is -0.428. The number of benzene rings is 1. The minimum absolute atomic E-state index is 0.152. The highest BCUT2D eigenvalue weighted by atomic mass is 35.5. The Balaban J connectivity index is 2.34. The van der Waals surface area contributed by atoms with Gasteiger partial charge < -0.3 is 20.2 Å². The Bertz CT molecular complexity index is 789. The number of hydrogen-bond donors (Lipinski definition) is 0. The van der Waals surface area contributed by atoms with Crippen LogP contribution < -0.4 is 0 Å². The first-order valence-corrected chi connectivity index (χ1v) is 6.39. The smallest absolute Gasteiger partial charge is 0.358 e. The molecule has 2 aromatic rings. The molecule has 0 aliphatic heterocycles. The van der Waals surface area contributed by atoms with Crippen molar-refractivity contribution in [3.8, 4) is 0 Å². The fourth-order valence-electron chi connectivity index (χ4n) is 1.71. The van der Waals surface area contributed by atoms with Crippen LogP contribution in [0.4, 0.5) is 11.6 Å². The Morgan fingerprint density at radius 3 is 2.41 bits per heavy atom. The molecule has 0 amide bonds. The molecule has 114 valence electrons. The van der Waals surface area contributed by atoms with Gasteiger partial charge >= 0.3 is 11.6 Å². The van der Waals surface area contributed by atoms with E-state index in [0.29, 0.717) is 0 Å². The monoisotopic (exact) mass is 344 g/mol. The van der Waals surface area contributed by atoms with Crippen LogP contribution in [0.3, 0.4) is 0 Å². The van der Waals surface area contributed by atoms with Crippen LogP contribution in [0.2, 0.25) is 10.0 Å². The predicted molar refractivity (Wildman–Crippen MR) is 76.3 cm³/mol. The molecule has 0 aliphatic carbocycles. The highest BCUT2D eigenvalue weighted by Gasteiger charge is 2.33. The van der Waals surface area contributed by atoms with Gasteiger partial charge in [-0.3, -0.25) is 4.79 Å². The number of ketones is 1. The van der Waals surface area contributed by atoms with Crippen molar-refractivity contribution >= 4 is 40.6 Å². The highest BCUT2D eigenvalue weighted by molar-refractivity contribution is 6.42. The maximum atomic E-state index is 12.1. The molecule has 0 unspecified atom stereocenters. The van der Waals surface area contributed by atoms with Gasteiger partial charge in [0.05, 0.1) is 10.0 Å². The molecule has 0 saturated carbocycles. The number of Topliss-reactive ketones (excluding diaryl/α,β-unsaturated/α-hetero) is 1. The molecular weight excluding hydrogens is 339 g/mol. The summed E-state index contributed by atoms with van der Waals surface area (Å²) in [7, 11) is 0. The predicted octanol–water partition coefficient (Wildman–Crippen LogP) is 2.89. The van der Waals surface area contributed by atoms with E-state index >= 15 is 0 Å². The van der Waals surface area contributed by atoms with E-state index < -0.39 is 33.8 Å². The fourth-order valence-corrected chi connectivity index (χ4v) is 2.01. The average Bonchev–Trinajstić information content (AvgIpc) is 2.85. The molecule has 11 heteroatoms. The largest absolute Gasteiger partial charge is 0.462 e. The number of hydrogen-bond acceptors (Lipinski definition) is 6. The second kappa shape index (κ2) is 6.08. The van der Waals surface area contributed by atoms with Gasteiger partial charge in [-0.15, -0.1) is 0 Å². The van der Waals surface area contributed by atoms with Crippen molar-refractivity contribution in [2.24, 2.45) is 0 Å². The number of aromatic nitrogens is 2. The van der Waals surface area contributed by atoms with Crippen LogP contribution in [-0.4, -0.2) is 25.2 Å². The molecule has 0 bridgehead atoms. The van der Waals surface area contributed by atoms with Crippen molar-refractivity contribution in [3.63, 3.8) is 0 Å². The average molecular weight is 345 g/mol. The van der Waals surface area contributed by atoms with Gasteiger partial charge in [-0.1, -0.05) is 23.2 Å². The van der Waals surface area contributed by atoms with Gasteiger partial charge in [-0.2, -0.15) is 4.57 Å². The minimum Gasteiger partial charge on any atom is -0.358 e. The van der Waals surface area contributed by atoms with Crippen LogP contribution in [0.5, 0.6) is 0 Å². The van der Waals surface area contributed by atoms with Crippen LogP contribution in [0, 0.1) is 20.2 Å². The van der Waals surface area contributed by atoms with Crippen molar-refractivity contribution in [1.82, 2.24) is 9.55 Å². The topological polar surface area (TPSA) is 121 Å². The lowest BCUT2D eigenvalue weighted by Gasteiger charge is -2.02. The van der Waals surface area contributed by atoms with Crippen LogP contribution in [0.1, 0.15) is 10.4 Å². The van der Waals surface area contributed by atoms with Crippen molar-refractivity contribution in [3.05, 3.63) is 60.4 Å². The minimum atomic E-state index is -0.988. The molecule has 0 spiro atoms. The Hall–Kier alpha value is -2.52. The maximum Gasteiger partial charge on any atom is 0.462 e. The Labute approximate surface area is 132 Å². The molecule has 0 saturated heterocycles. The van der Waals surface area contributed by atoms with Crippen molar-refractivity contribution in [1.29, 1.82) is 0 Å². The lowest BCUT2D eigenvalue weighted by Crippen LogP contribution is -2.12. The third-order valence-corrected chi connectivity index (χ3v) is 3.43. The number of carbonyl (C=O) groups excluding carboxylic acids is 1. The van der Waals surface area contributed by atoms with E-state index in [0.717, 1.165) is 10.9 Å². The molecule has 1 aromatic heterocycles. The summed E-state index contributed by atoms with van der Waals surface area (Å²) in [6.45, 7) is -0.491. The van der Waals surface area contributed by atoms with Crippen molar-refractivity contribution < 1.29 is 14.6 Å². The maximum absolute atomic E-state index is 12.1. The molecule has 1 aromatic carbocycles. The van der Waals surface area contributed by atoms with E-state index in [1.807, 2.05) is 0 Å². The summed E-state index contributed by atoms with van der Waals surface area (Å²) in [6, 6.07) is 4.11. The van der Waals surface area contributed by atoms with Crippen LogP contribution in [0.15, 0.2) is 24.5 Å². The number of halogens is 2. The second-order valence-electron chi connectivity index (χ2n) is 4.09. The summed E-state index contributed by atoms with van der Waals surface area (Å²) in [5.74, 6) is -2.32. The van der Waals surface area contributed by atoms with Crippen molar-refractivity contribution in [2.75, 3.05) is 0 Å². The normalized spacial score (nSPS) is 10.5. The fraction of sp³-hybridized carbons (Fsp3) is 0.0909. The SMILES string of the molecule is O=C(Cn1cnc([N+](=O)[O-])c1[N+](=O)[O-])c1ccc(Cl)c(Cl)c1. The zero-order valence-electron chi connectivity index (χ0n) is 10.6. The Morgan fingerprint density at radius 2 is 1.86 bits per heavy atom. The summed E-state index contributed by atoms with van der Waals surface area (Å²) in [6.07, 6.45) is 0.867.